The van der Waals surface area contributed by atoms with Crippen LogP contribution in [-0.2, 0) is 10.0 Å². The number of hydrogen-bond acceptors (Lipinski definition) is 5. The van der Waals surface area contributed by atoms with Crippen molar-refractivity contribution < 1.29 is 18.1 Å². The highest BCUT2D eigenvalue weighted by Gasteiger charge is 2.24. The molecule has 0 saturated heterocycles. The molecule has 0 saturated carbocycles. The van der Waals surface area contributed by atoms with E-state index in [-0.39, 0.29) is 21.7 Å². The lowest BCUT2D eigenvalue weighted by atomic mass is 10.1. The first-order chi connectivity index (χ1) is 14.7. The minimum atomic E-state index is -3.62. The molecule has 31 heavy (non-hydrogen) atoms. The van der Waals surface area contributed by atoms with E-state index in [1.54, 1.807) is 0 Å². The first-order valence-corrected chi connectivity index (χ1v) is 11.8. The van der Waals surface area contributed by atoms with Gasteiger partial charge in [0, 0.05) is 36.0 Å². The lowest BCUT2D eigenvalue weighted by Crippen LogP contribution is -2.33. The summed E-state index contributed by atoms with van der Waals surface area (Å²) in [7, 11) is -3.62. The van der Waals surface area contributed by atoms with Crippen molar-refractivity contribution in [1.29, 1.82) is 0 Å². The first kappa shape index (κ1) is 24.5. The third-order valence-electron chi connectivity index (χ3n) is 5.02. The summed E-state index contributed by atoms with van der Waals surface area (Å²) < 4.78 is 27.6. The topological polar surface area (TPSA) is 110 Å². The number of amides is 1. The fourth-order valence-corrected chi connectivity index (χ4v) is 4.66. The van der Waals surface area contributed by atoms with Crippen LogP contribution in [0.1, 0.15) is 55.5 Å². The van der Waals surface area contributed by atoms with Crippen molar-refractivity contribution in [1.82, 2.24) is 4.31 Å². The van der Waals surface area contributed by atoms with Crippen molar-refractivity contribution in [3.63, 3.8) is 0 Å². The number of hydrogen-bond donors (Lipinski definition) is 1. The Hall–Kier alpha value is -2.78. The molecule has 168 valence electrons. The number of rotatable bonds is 11. The van der Waals surface area contributed by atoms with Gasteiger partial charge in [0.25, 0.3) is 11.6 Å². The van der Waals surface area contributed by atoms with E-state index in [2.05, 4.69) is 5.32 Å². The minimum absolute atomic E-state index is 0.131. The van der Waals surface area contributed by atoms with Gasteiger partial charge in [0.2, 0.25) is 10.0 Å². The molecule has 0 bridgehead atoms. The van der Waals surface area contributed by atoms with E-state index >= 15 is 0 Å². The Morgan fingerprint density at radius 2 is 1.61 bits per heavy atom. The van der Waals surface area contributed by atoms with Crippen LogP contribution in [0.25, 0.3) is 0 Å². The van der Waals surface area contributed by atoms with Crippen LogP contribution < -0.4 is 5.32 Å². The molecule has 1 amide bonds. The molecule has 1 N–H and O–H groups in total. The van der Waals surface area contributed by atoms with Gasteiger partial charge in [0.15, 0.2) is 0 Å². The van der Waals surface area contributed by atoms with E-state index in [9.17, 15) is 23.3 Å². The third-order valence-corrected chi connectivity index (χ3v) is 6.93. The number of carbonyl (C=O) groups excluding carboxylic acids is 1. The average molecular weight is 448 g/mol. The van der Waals surface area contributed by atoms with Crippen LogP contribution in [0.2, 0.25) is 0 Å². The molecule has 9 heteroatoms. The van der Waals surface area contributed by atoms with Gasteiger partial charge < -0.3 is 5.32 Å². The molecule has 0 heterocycles. The second-order valence-corrected chi connectivity index (χ2v) is 9.23. The molecule has 0 aliphatic rings. The Balaban J connectivity index is 2.20. The van der Waals surface area contributed by atoms with Crippen molar-refractivity contribution in [2.45, 2.75) is 51.3 Å². The van der Waals surface area contributed by atoms with E-state index in [0.717, 1.165) is 25.7 Å². The number of unbranched alkanes of at least 4 members (excludes halogenated alkanes) is 2. The highest BCUT2D eigenvalue weighted by Crippen LogP contribution is 2.23. The van der Waals surface area contributed by atoms with Crippen molar-refractivity contribution in [2.24, 2.45) is 0 Å². The SMILES string of the molecule is CCCCN(CCCC)S(=O)(=O)c1ccc(NC(=O)c2cccc([N+](=O)[O-])c2C)cc1. The predicted molar refractivity (Wildman–Crippen MR) is 121 cm³/mol. The zero-order valence-electron chi connectivity index (χ0n) is 18.1. The van der Waals surface area contributed by atoms with Gasteiger partial charge >= 0.3 is 0 Å². The van der Waals surface area contributed by atoms with Crippen molar-refractivity contribution in [3.8, 4) is 0 Å². The van der Waals surface area contributed by atoms with Crippen molar-refractivity contribution in [3.05, 3.63) is 63.7 Å². The largest absolute Gasteiger partial charge is 0.322 e. The highest BCUT2D eigenvalue weighted by molar-refractivity contribution is 7.89. The number of anilines is 1. The summed E-state index contributed by atoms with van der Waals surface area (Å²) in [5, 5.41) is 13.8. The fourth-order valence-electron chi connectivity index (χ4n) is 3.15. The van der Waals surface area contributed by atoms with Gasteiger partial charge in [-0.25, -0.2) is 8.42 Å². The maximum atomic E-state index is 13.0. The number of nitro groups is 1. The normalized spacial score (nSPS) is 11.5. The van der Waals surface area contributed by atoms with E-state index in [1.807, 2.05) is 13.8 Å². The van der Waals surface area contributed by atoms with Gasteiger partial charge in [0.1, 0.15) is 0 Å². The zero-order valence-corrected chi connectivity index (χ0v) is 18.9. The lowest BCUT2D eigenvalue weighted by molar-refractivity contribution is -0.385. The van der Waals surface area contributed by atoms with E-state index < -0.39 is 20.9 Å². The Kier molecular flexibility index (Phi) is 8.70. The summed E-state index contributed by atoms with van der Waals surface area (Å²) >= 11 is 0. The molecule has 2 aromatic rings. The standard InChI is InChI=1S/C22H29N3O5S/c1-4-6-15-24(16-7-5-2)31(29,30)19-13-11-18(12-14-19)23-22(26)20-9-8-10-21(17(20)3)25(27)28/h8-14H,4-7,15-16H2,1-3H3,(H,23,26). The molecular formula is C22H29N3O5S. The second kappa shape index (κ2) is 11.0. The van der Waals surface area contributed by atoms with Crippen LogP contribution in [0.5, 0.6) is 0 Å². The fraction of sp³-hybridized carbons (Fsp3) is 0.409. The smallest absolute Gasteiger partial charge is 0.273 e. The summed E-state index contributed by atoms with van der Waals surface area (Å²) in [6.07, 6.45) is 3.39. The van der Waals surface area contributed by atoms with Gasteiger partial charge in [-0.05, 0) is 50.1 Å². The highest BCUT2D eigenvalue weighted by atomic mass is 32.2. The average Bonchev–Trinajstić information content (AvgIpc) is 2.74. The number of sulfonamides is 1. The molecule has 0 radical (unpaired) electrons. The molecular weight excluding hydrogens is 418 g/mol. The summed E-state index contributed by atoms with van der Waals surface area (Å²) in [6.45, 7) is 6.51. The molecule has 2 aromatic carbocycles. The van der Waals surface area contributed by atoms with Crippen LogP contribution >= 0.6 is 0 Å². The lowest BCUT2D eigenvalue weighted by Gasteiger charge is -2.22. The van der Waals surface area contributed by atoms with Crippen LogP contribution in [0.3, 0.4) is 0 Å². The van der Waals surface area contributed by atoms with Gasteiger partial charge in [0.05, 0.1) is 9.82 Å². The number of nitro benzene ring substituents is 1. The predicted octanol–water partition coefficient (Wildman–Crippen LogP) is 4.75. The Morgan fingerprint density at radius 1 is 1.03 bits per heavy atom. The number of nitrogens with one attached hydrogen (secondary N) is 1. The van der Waals surface area contributed by atoms with E-state index in [4.69, 9.17) is 0 Å². The maximum Gasteiger partial charge on any atom is 0.273 e. The molecule has 2 rings (SSSR count). The van der Waals surface area contributed by atoms with Gasteiger partial charge in [-0.15, -0.1) is 0 Å². The molecule has 0 aliphatic carbocycles. The van der Waals surface area contributed by atoms with Gasteiger partial charge in [-0.3, -0.25) is 14.9 Å². The molecule has 8 nitrogen and oxygen atoms in total. The zero-order chi connectivity index (χ0) is 23.0. The van der Waals surface area contributed by atoms with E-state index in [0.29, 0.717) is 18.8 Å². The Labute approximate surface area is 183 Å². The summed E-state index contributed by atoms with van der Waals surface area (Å²) in [4.78, 5) is 23.3. The molecule has 0 aliphatic heterocycles. The number of benzene rings is 2. The summed E-state index contributed by atoms with van der Waals surface area (Å²) in [6, 6.07) is 10.3. The molecule has 0 unspecified atom stereocenters. The molecule has 0 atom stereocenters. The van der Waals surface area contributed by atoms with Crippen LogP contribution in [0, 0.1) is 17.0 Å². The Bertz CT molecular complexity index is 1010. The van der Waals surface area contributed by atoms with Crippen LogP contribution in [0.15, 0.2) is 47.4 Å². The number of carbonyl (C=O) groups is 1. The Morgan fingerprint density at radius 3 is 2.13 bits per heavy atom. The quantitative estimate of drug-likeness (QED) is 0.395. The van der Waals surface area contributed by atoms with Crippen molar-refractivity contribution >= 4 is 27.3 Å². The number of nitrogens with zero attached hydrogens (tertiary/aromatic N) is 2. The monoisotopic (exact) mass is 447 g/mol. The second-order valence-electron chi connectivity index (χ2n) is 7.30. The minimum Gasteiger partial charge on any atom is -0.322 e. The van der Waals surface area contributed by atoms with Gasteiger partial charge in [-0.2, -0.15) is 4.31 Å². The van der Waals surface area contributed by atoms with Crippen LogP contribution in [0.4, 0.5) is 11.4 Å². The molecule has 0 spiro atoms. The van der Waals surface area contributed by atoms with E-state index in [1.165, 1.54) is 53.7 Å². The van der Waals surface area contributed by atoms with Crippen LogP contribution in [-0.4, -0.2) is 36.6 Å². The van der Waals surface area contributed by atoms with Crippen molar-refractivity contribution in [2.75, 3.05) is 18.4 Å². The molecule has 0 aromatic heterocycles. The first-order valence-electron chi connectivity index (χ1n) is 10.4. The summed E-state index contributed by atoms with van der Waals surface area (Å²) in [5.74, 6) is -0.496. The molecule has 0 fully saturated rings. The summed E-state index contributed by atoms with van der Waals surface area (Å²) in [5.41, 5.74) is 0.736. The van der Waals surface area contributed by atoms with Gasteiger partial charge in [-0.1, -0.05) is 32.8 Å². The maximum absolute atomic E-state index is 13.0. The third kappa shape index (κ3) is 6.11.